The van der Waals surface area contributed by atoms with Crippen molar-refractivity contribution in [1.29, 1.82) is 0 Å². The van der Waals surface area contributed by atoms with Crippen molar-refractivity contribution in [2.75, 3.05) is 32.7 Å². The highest BCUT2D eigenvalue weighted by Gasteiger charge is 2.21. The number of carboxylic acids is 1. The third-order valence-electron chi connectivity index (χ3n) is 8.19. The van der Waals surface area contributed by atoms with Crippen LogP contribution in [0.1, 0.15) is 117 Å². The van der Waals surface area contributed by atoms with Gasteiger partial charge >= 0.3 is 5.97 Å². The predicted molar refractivity (Wildman–Crippen MR) is 182 cm³/mol. The highest BCUT2D eigenvalue weighted by molar-refractivity contribution is 6.10. The number of aliphatic carboxylic acids is 1. The highest BCUT2D eigenvalue weighted by atomic mass is 35.5. The van der Waals surface area contributed by atoms with Gasteiger partial charge in [0, 0.05) is 35.9 Å². The van der Waals surface area contributed by atoms with Gasteiger partial charge in [-0.1, -0.05) is 64.3 Å². The molecule has 0 fully saturated rings. The summed E-state index contributed by atoms with van der Waals surface area (Å²) in [4.78, 5) is 42.2. The van der Waals surface area contributed by atoms with Crippen LogP contribution < -0.4 is 0 Å². The Labute approximate surface area is 270 Å². The van der Waals surface area contributed by atoms with Gasteiger partial charge in [0.2, 0.25) is 5.78 Å². The van der Waals surface area contributed by atoms with Crippen molar-refractivity contribution in [3.63, 3.8) is 0 Å². The fourth-order valence-corrected chi connectivity index (χ4v) is 5.56. The molecule has 44 heavy (non-hydrogen) atoms. The van der Waals surface area contributed by atoms with Crippen LogP contribution in [0, 0.1) is 0 Å². The van der Waals surface area contributed by atoms with Crippen LogP contribution in [-0.4, -0.2) is 69.7 Å². The second-order valence-electron chi connectivity index (χ2n) is 11.5. The minimum absolute atomic E-state index is 0. The Morgan fingerprint density at radius 2 is 1.39 bits per heavy atom. The number of hydrogen-bond donors (Lipinski definition) is 1. The number of ketones is 1. The Hall–Kier alpha value is -3.16. The second-order valence-corrected chi connectivity index (χ2v) is 11.5. The molecule has 0 radical (unpaired) electrons. The van der Waals surface area contributed by atoms with Gasteiger partial charge in [-0.2, -0.15) is 0 Å². The first-order valence-electron chi connectivity index (χ1n) is 16.3. The Balaban J connectivity index is 0.00000675. The molecule has 2 heterocycles. The van der Waals surface area contributed by atoms with Gasteiger partial charge in [-0.05, 0) is 94.4 Å². The quantitative estimate of drug-likeness (QED) is 0.130. The maximum atomic E-state index is 13.9. The number of unbranched alkanes of at least 4 members (excludes halogenated alkanes) is 3. The van der Waals surface area contributed by atoms with E-state index in [4.69, 9.17) is 5.11 Å². The first-order valence-corrected chi connectivity index (χ1v) is 16.3. The number of amides is 1. The molecule has 0 aliphatic carbocycles. The zero-order valence-electron chi connectivity index (χ0n) is 27.1. The van der Waals surface area contributed by atoms with Crippen LogP contribution in [0.25, 0.3) is 5.52 Å². The summed E-state index contributed by atoms with van der Waals surface area (Å²) in [5, 5.41) is 9.05. The molecule has 3 aromatic rings. The molecule has 1 aromatic carbocycles. The first-order chi connectivity index (χ1) is 20.8. The largest absolute Gasteiger partial charge is 0.481 e. The van der Waals surface area contributed by atoms with E-state index in [-0.39, 0.29) is 37.1 Å². The molecule has 1 amide bonds. The number of carbonyl (C=O) groups is 3. The molecule has 7 nitrogen and oxygen atoms in total. The smallest absolute Gasteiger partial charge is 0.305 e. The topological polar surface area (TPSA) is 82.3 Å². The number of rotatable bonds is 20. The highest BCUT2D eigenvalue weighted by Crippen LogP contribution is 2.24. The second kappa shape index (κ2) is 19.3. The van der Waals surface area contributed by atoms with E-state index in [2.05, 4.69) is 37.8 Å². The van der Waals surface area contributed by atoms with Crippen LogP contribution in [0.2, 0.25) is 0 Å². The van der Waals surface area contributed by atoms with Crippen LogP contribution in [0.5, 0.6) is 0 Å². The Kier molecular flexibility index (Phi) is 16.2. The summed E-state index contributed by atoms with van der Waals surface area (Å²) in [6, 6.07) is 13.6. The molecule has 8 heteroatoms. The van der Waals surface area contributed by atoms with E-state index < -0.39 is 5.97 Å². The third kappa shape index (κ3) is 10.5. The van der Waals surface area contributed by atoms with Gasteiger partial charge in [-0.15, -0.1) is 12.4 Å². The van der Waals surface area contributed by atoms with Gasteiger partial charge < -0.3 is 19.3 Å². The van der Waals surface area contributed by atoms with Crippen molar-refractivity contribution in [3.8, 4) is 0 Å². The zero-order valence-corrected chi connectivity index (χ0v) is 28.0. The molecule has 242 valence electrons. The predicted octanol–water partition coefficient (Wildman–Crippen LogP) is 7.71. The number of halogens is 1. The average molecular weight is 626 g/mol. The lowest BCUT2D eigenvalue weighted by Crippen LogP contribution is -2.32. The van der Waals surface area contributed by atoms with Gasteiger partial charge in [-0.3, -0.25) is 14.4 Å². The van der Waals surface area contributed by atoms with Crippen LogP contribution >= 0.6 is 12.4 Å². The number of aromatic nitrogens is 1. The minimum atomic E-state index is -0.929. The fraction of sp³-hybridized carbons (Fsp3) is 0.528. The van der Waals surface area contributed by atoms with Crippen molar-refractivity contribution in [1.82, 2.24) is 14.2 Å². The standard InChI is InChI=1S/C36H51N3O4.ClH/c1-5-9-14-30-26-32-27-31(36(43)38(8-4)24-20-33(40)41)19-25-39(32)34(30)35(42)29-17-15-28(16-18-29)13-12-23-37(21-10-6-2)22-11-7-3;/h15-19,25-27H,5-14,20-24H2,1-4H3,(H,40,41);1H. The van der Waals surface area contributed by atoms with Gasteiger partial charge in [0.15, 0.2) is 0 Å². The molecule has 1 N–H and O–H groups in total. The van der Waals surface area contributed by atoms with E-state index in [0.29, 0.717) is 23.4 Å². The molecule has 0 atom stereocenters. The molecule has 0 aliphatic heterocycles. The Morgan fingerprint density at radius 3 is 1.98 bits per heavy atom. The first kappa shape index (κ1) is 37.0. The van der Waals surface area contributed by atoms with Crippen molar-refractivity contribution in [2.24, 2.45) is 0 Å². The molecule has 0 aliphatic rings. The summed E-state index contributed by atoms with van der Waals surface area (Å²) in [6.07, 6.45) is 11.5. The summed E-state index contributed by atoms with van der Waals surface area (Å²) in [7, 11) is 0. The molecular weight excluding hydrogens is 574 g/mol. The maximum Gasteiger partial charge on any atom is 0.305 e. The summed E-state index contributed by atoms with van der Waals surface area (Å²) in [5.74, 6) is -1.15. The number of pyridine rings is 1. The molecule has 0 saturated heterocycles. The molecule has 0 bridgehead atoms. The lowest BCUT2D eigenvalue weighted by atomic mass is 10.00. The van der Waals surface area contributed by atoms with E-state index in [0.717, 1.165) is 49.7 Å². The summed E-state index contributed by atoms with van der Waals surface area (Å²) in [5.41, 5.74) is 4.83. The zero-order chi connectivity index (χ0) is 31.2. The van der Waals surface area contributed by atoms with Crippen molar-refractivity contribution >= 4 is 35.6 Å². The van der Waals surface area contributed by atoms with Gasteiger partial charge in [0.05, 0.1) is 12.1 Å². The van der Waals surface area contributed by atoms with Gasteiger partial charge in [-0.25, -0.2) is 0 Å². The number of aryl methyl sites for hydroxylation is 2. The monoisotopic (exact) mass is 625 g/mol. The summed E-state index contributed by atoms with van der Waals surface area (Å²) < 4.78 is 1.90. The molecule has 3 rings (SSSR count). The lowest BCUT2D eigenvalue weighted by molar-refractivity contribution is -0.137. The van der Waals surface area contributed by atoms with Crippen molar-refractivity contribution in [3.05, 3.63) is 76.6 Å². The normalized spacial score (nSPS) is 11.1. The lowest BCUT2D eigenvalue weighted by Gasteiger charge is -2.21. The maximum absolute atomic E-state index is 13.9. The molecule has 0 unspecified atom stereocenters. The SMILES string of the molecule is CCCCc1cc2cc(C(=O)N(CC)CCC(=O)O)ccn2c1C(=O)c1ccc(CCCN(CCCC)CCCC)cc1.Cl. The van der Waals surface area contributed by atoms with Crippen LogP contribution in [-0.2, 0) is 17.6 Å². The molecule has 0 spiro atoms. The van der Waals surface area contributed by atoms with E-state index in [9.17, 15) is 14.4 Å². The van der Waals surface area contributed by atoms with E-state index in [1.54, 1.807) is 17.2 Å². The fourth-order valence-electron chi connectivity index (χ4n) is 5.56. The number of hydrogen-bond acceptors (Lipinski definition) is 4. The summed E-state index contributed by atoms with van der Waals surface area (Å²) >= 11 is 0. The minimum Gasteiger partial charge on any atom is -0.481 e. The van der Waals surface area contributed by atoms with Crippen molar-refractivity contribution < 1.29 is 19.5 Å². The van der Waals surface area contributed by atoms with Crippen LogP contribution in [0.4, 0.5) is 0 Å². The number of carbonyl (C=O) groups excluding carboxylic acids is 2. The summed E-state index contributed by atoms with van der Waals surface area (Å²) in [6.45, 7) is 12.5. The van der Waals surface area contributed by atoms with E-state index >= 15 is 0 Å². The average Bonchev–Trinajstić information content (AvgIpc) is 3.38. The van der Waals surface area contributed by atoms with Crippen molar-refractivity contribution in [2.45, 2.75) is 91.9 Å². The molecular formula is C36H52ClN3O4. The van der Waals surface area contributed by atoms with Crippen LogP contribution in [0.3, 0.4) is 0 Å². The van der Waals surface area contributed by atoms with Crippen LogP contribution in [0.15, 0.2) is 48.7 Å². The number of fused-ring (bicyclic) bond motifs is 1. The molecule has 0 saturated carbocycles. The van der Waals surface area contributed by atoms with E-state index in [1.165, 1.54) is 44.3 Å². The Bertz CT molecular complexity index is 1330. The number of carboxylic acid groups (broad SMARTS) is 1. The number of nitrogens with zero attached hydrogens (tertiary/aromatic N) is 3. The van der Waals surface area contributed by atoms with Gasteiger partial charge in [0.25, 0.3) is 5.91 Å². The van der Waals surface area contributed by atoms with Gasteiger partial charge in [0.1, 0.15) is 0 Å². The third-order valence-corrected chi connectivity index (χ3v) is 8.19. The Morgan fingerprint density at radius 1 is 0.750 bits per heavy atom. The number of benzene rings is 1. The van der Waals surface area contributed by atoms with E-state index in [1.807, 2.05) is 35.6 Å². The molecule has 2 aromatic heterocycles.